The van der Waals surface area contributed by atoms with Gasteiger partial charge in [0.1, 0.15) is 5.78 Å². The monoisotopic (exact) mass is 237 g/mol. The number of Topliss-reactive ketones (excluding diaryl/α,β-unsaturated/α-hetero) is 1. The molecular weight excluding hydrogens is 210 g/mol. The SMILES string of the molecule is CC(=O)C1CCN(C2CCC(C)C(C)C2)CC1. The van der Waals surface area contributed by atoms with Crippen molar-refractivity contribution in [1.29, 1.82) is 0 Å². The Morgan fingerprint density at radius 3 is 2.18 bits per heavy atom. The van der Waals surface area contributed by atoms with Gasteiger partial charge in [0.25, 0.3) is 0 Å². The average Bonchev–Trinajstić information content (AvgIpc) is 2.33. The standard InChI is InChI=1S/C15H27NO/c1-11-4-5-15(10-12(11)2)16-8-6-14(7-9-16)13(3)17/h11-12,14-15H,4-10H2,1-3H3. The van der Waals surface area contributed by atoms with Crippen LogP contribution in [0.4, 0.5) is 0 Å². The molecule has 2 heteroatoms. The van der Waals surface area contributed by atoms with Gasteiger partial charge >= 0.3 is 0 Å². The number of ketones is 1. The van der Waals surface area contributed by atoms with Crippen LogP contribution in [-0.2, 0) is 4.79 Å². The summed E-state index contributed by atoms with van der Waals surface area (Å²) in [5.41, 5.74) is 0. The minimum absolute atomic E-state index is 0.353. The van der Waals surface area contributed by atoms with E-state index in [0.29, 0.717) is 11.7 Å². The van der Waals surface area contributed by atoms with Gasteiger partial charge in [0, 0.05) is 12.0 Å². The molecule has 0 amide bonds. The molecule has 1 heterocycles. The van der Waals surface area contributed by atoms with E-state index < -0.39 is 0 Å². The Kier molecular flexibility index (Phi) is 4.24. The molecule has 0 aromatic rings. The normalized spacial score (nSPS) is 37.0. The van der Waals surface area contributed by atoms with Crippen LogP contribution in [0.1, 0.15) is 52.9 Å². The summed E-state index contributed by atoms with van der Waals surface area (Å²) in [4.78, 5) is 14.0. The summed E-state index contributed by atoms with van der Waals surface area (Å²) in [5.74, 6) is 2.53. The predicted octanol–water partition coefficient (Wildman–Crippen LogP) is 3.11. The molecule has 0 bridgehead atoms. The van der Waals surface area contributed by atoms with Crippen molar-refractivity contribution in [2.75, 3.05) is 13.1 Å². The Morgan fingerprint density at radius 1 is 1.00 bits per heavy atom. The summed E-state index contributed by atoms with van der Waals surface area (Å²) in [7, 11) is 0. The van der Waals surface area contributed by atoms with E-state index in [1.807, 2.05) is 0 Å². The van der Waals surface area contributed by atoms with Gasteiger partial charge in [-0.2, -0.15) is 0 Å². The van der Waals surface area contributed by atoms with Crippen molar-refractivity contribution in [2.24, 2.45) is 17.8 Å². The van der Waals surface area contributed by atoms with Gasteiger partial charge in [0.05, 0.1) is 0 Å². The van der Waals surface area contributed by atoms with Gasteiger partial charge in [0.2, 0.25) is 0 Å². The lowest BCUT2D eigenvalue weighted by atomic mass is 9.78. The topological polar surface area (TPSA) is 20.3 Å². The highest BCUT2D eigenvalue weighted by Crippen LogP contribution is 2.33. The zero-order valence-corrected chi connectivity index (χ0v) is 11.6. The molecule has 2 aliphatic rings. The Balaban J connectivity index is 1.83. The van der Waals surface area contributed by atoms with Crippen molar-refractivity contribution < 1.29 is 4.79 Å². The Hall–Kier alpha value is -0.370. The Morgan fingerprint density at radius 2 is 1.65 bits per heavy atom. The molecule has 0 N–H and O–H groups in total. The van der Waals surface area contributed by atoms with Crippen molar-refractivity contribution in [3.05, 3.63) is 0 Å². The van der Waals surface area contributed by atoms with E-state index in [1.165, 1.54) is 19.3 Å². The van der Waals surface area contributed by atoms with Crippen LogP contribution in [-0.4, -0.2) is 29.8 Å². The second kappa shape index (κ2) is 5.51. The zero-order valence-electron chi connectivity index (χ0n) is 11.6. The number of piperidine rings is 1. The van der Waals surface area contributed by atoms with Crippen molar-refractivity contribution in [2.45, 2.75) is 58.9 Å². The van der Waals surface area contributed by atoms with E-state index in [2.05, 4.69) is 18.7 Å². The Bertz CT molecular complexity index is 268. The smallest absolute Gasteiger partial charge is 0.133 e. The van der Waals surface area contributed by atoms with Gasteiger partial charge in [-0.15, -0.1) is 0 Å². The quantitative estimate of drug-likeness (QED) is 0.735. The first kappa shape index (κ1) is 13.1. The summed E-state index contributed by atoms with van der Waals surface area (Å²) in [6.45, 7) is 8.85. The second-order valence-corrected chi connectivity index (χ2v) is 6.34. The van der Waals surface area contributed by atoms with Crippen molar-refractivity contribution in [1.82, 2.24) is 4.90 Å². The lowest BCUT2D eigenvalue weighted by Crippen LogP contribution is -2.45. The minimum Gasteiger partial charge on any atom is -0.300 e. The number of likely N-dealkylation sites (tertiary alicyclic amines) is 1. The molecule has 3 unspecified atom stereocenters. The van der Waals surface area contributed by atoms with Gasteiger partial charge in [-0.1, -0.05) is 13.8 Å². The first-order valence-corrected chi connectivity index (χ1v) is 7.32. The summed E-state index contributed by atoms with van der Waals surface area (Å²) in [6, 6.07) is 0.800. The number of hydrogen-bond donors (Lipinski definition) is 0. The van der Waals surface area contributed by atoms with Gasteiger partial charge in [0.15, 0.2) is 0 Å². The third-order valence-corrected chi connectivity index (χ3v) is 5.19. The van der Waals surface area contributed by atoms with Gasteiger partial charge < -0.3 is 4.90 Å². The molecule has 0 radical (unpaired) electrons. The summed E-state index contributed by atoms with van der Waals surface area (Å²) in [6.07, 6.45) is 6.31. The highest BCUT2D eigenvalue weighted by atomic mass is 16.1. The van der Waals surface area contributed by atoms with Crippen LogP contribution in [0.3, 0.4) is 0 Å². The second-order valence-electron chi connectivity index (χ2n) is 6.34. The van der Waals surface area contributed by atoms with Gasteiger partial charge in [-0.25, -0.2) is 0 Å². The fraction of sp³-hybridized carbons (Fsp3) is 0.933. The van der Waals surface area contributed by atoms with E-state index in [4.69, 9.17) is 0 Å². The van der Waals surface area contributed by atoms with E-state index in [1.54, 1.807) is 6.92 Å². The first-order valence-electron chi connectivity index (χ1n) is 7.32. The van der Waals surface area contributed by atoms with Crippen LogP contribution < -0.4 is 0 Å². The lowest BCUT2D eigenvalue weighted by Gasteiger charge is -2.42. The zero-order chi connectivity index (χ0) is 12.4. The highest BCUT2D eigenvalue weighted by Gasteiger charge is 2.31. The summed E-state index contributed by atoms with van der Waals surface area (Å²) >= 11 is 0. The molecule has 1 aliphatic carbocycles. The fourth-order valence-electron chi connectivity index (χ4n) is 3.52. The van der Waals surface area contributed by atoms with Crippen molar-refractivity contribution >= 4 is 5.78 Å². The highest BCUT2D eigenvalue weighted by molar-refractivity contribution is 5.78. The van der Waals surface area contributed by atoms with E-state index >= 15 is 0 Å². The first-order chi connectivity index (χ1) is 8.08. The van der Waals surface area contributed by atoms with E-state index in [9.17, 15) is 4.79 Å². The molecule has 98 valence electrons. The molecule has 3 atom stereocenters. The largest absolute Gasteiger partial charge is 0.300 e. The minimum atomic E-state index is 0.353. The molecule has 0 aromatic heterocycles. The molecule has 17 heavy (non-hydrogen) atoms. The maximum absolute atomic E-state index is 11.4. The third kappa shape index (κ3) is 3.09. The molecule has 1 saturated carbocycles. The molecular formula is C15H27NO. The molecule has 2 nitrogen and oxygen atoms in total. The maximum Gasteiger partial charge on any atom is 0.133 e. The van der Waals surface area contributed by atoms with Crippen LogP contribution in [0.15, 0.2) is 0 Å². The van der Waals surface area contributed by atoms with Crippen LogP contribution in [0, 0.1) is 17.8 Å². The lowest BCUT2D eigenvalue weighted by molar-refractivity contribution is -0.122. The van der Waals surface area contributed by atoms with E-state index in [0.717, 1.165) is 43.8 Å². The van der Waals surface area contributed by atoms with Gasteiger partial charge in [-0.3, -0.25) is 4.79 Å². The fourth-order valence-corrected chi connectivity index (χ4v) is 3.52. The predicted molar refractivity (Wildman–Crippen MR) is 70.9 cm³/mol. The summed E-state index contributed by atoms with van der Waals surface area (Å²) < 4.78 is 0. The van der Waals surface area contributed by atoms with Crippen LogP contribution in [0.25, 0.3) is 0 Å². The van der Waals surface area contributed by atoms with Crippen molar-refractivity contribution in [3.8, 4) is 0 Å². The third-order valence-electron chi connectivity index (χ3n) is 5.19. The van der Waals surface area contributed by atoms with Crippen molar-refractivity contribution in [3.63, 3.8) is 0 Å². The number of nitrogens with zero attached hydrogens (tertiary/aromatic N) is 1. The number of rotatable bonds is 2. The number of hydrogen-bond acceptors (Lipinski definition) is 2. The molecule has 0 spiro atoms. The molecule has 1 aliphatic heterocycles. The average molecular weight is 237 g/mol. The Labute approximate surface area is 106 Å². The van der Waals surface area contributed by atoms with Crippen LogP contribution >= 0.6 is 0 Å². The number of carbonyl (C=O) groups is 1. The molecule has 2 rings (SSSR count). The molecule has 1 saturated heterocycles. The van der Waals surface area contributed by atoms with E-state index in [-0.39, 0.29) is 0 Å². The maximum atomic E-state index is 11.4. The number of carbonyl (C=O) groups excluding carboxylic acids is 1. The van der Waals surface area contributed by atoms with Gasteiger partial charge in [-0.05, 0) is 64.0 Å². The van der Waals surface area contributed by atoms with Crippen LogP contribution in [0.2, 0.25) is 0 Å². The summed E-state index contributed by atoms with van der Waals surface area (Å²) in [5, 5.41) is 0. The molecule has 2 fully saturated rings. The van der Waals surface area contributed by atoms with Crippen LogP contribution in [0.5, 0.6) is 0 Å². The molecule has 0 aromatic carbocycles.